The highest BCUT2D eigenvalue weighted by atomic mass is 14.4. The first-order valence-corrected chi connectivity index (χ1v) is 3.48. The molecule has 2 aliphatic rings. The number of allylic oxidation sites excluding steroid dienone is 2. The van der Waals surface area contributed by atoms with Crippen molar-refractivity contribution in [2.45, 2.75) is 12.8 Å². The van der Waals surface area contributed by atoms with Crippen molar-refractivity contribution < 1.29 is 0 Å². The number of fused-ring (bicyclic) bond motifs is 2. The van der Waals surface area contributed by atoms with Crippen LogP contribution in [-0.2, 0) is 0 Å². The third-order valence-electron chi connectivity index (χ3n) is 2.44. The average Bonchev–Trinajstić information content (AvgIpc) is 2.45. The van der Waals surface area contributed by atoms with Crippen LogP contribution in [0.25, 0.3) is 0 Å². The lowest BCUT2D eigenvalue weighted by atomic mass is 9.95. The van der Waals surface area contributed by atoms with E-state index >= 15 is 0 Å². The molecule has 0 aromatic heterocycles. The van der Waals surface area contributed by atoms with Gasteiger partial charge in [-0.3, -0.25) is 0 Å². The second-order valence-corrected chi connectivity index (χ2v) is 3.02. The molecule has 1 heteroatoms. The van der Waals surface area contributed by atoms with Gasteiger partial charge in [-0.25, -0.2) is 0 Å². The van der Waals surface area contributed by atoms with Crippen molar-refractivity contribution in [2.75, 3.05) is 0 Å². The van der Waals surface area contributed by atoms with Crippen LogP contribution in [0.4, 0.5) is 0 Å². The molecule has 9 heavy (non-hydrogen) atoms. The molecule has 0 N–H and O–H groups in total. The minimum Gasteiger partial charge on any atom is -0.198 e. The molecule has 3 atom stereocenters. The van der Waals surface area contributed by atoms with Crippen LogP contribution in [0.5, 0.6) is 0 Å². The standard InChI is InChI=1S/C8H9N/c9-5-8-4-6-1-2-7(8)3-6/h1-2,6-8H,3-4H2/t6-,7+,8-/m1/s1. The summed E-state index contributed by atoms with van der Waals surface area (Å²) >= 11 is 0. The van der Waals surface area contributed by atoms with E-state index in [1.165, 1.54) is 6.42 Å². The molecule has 1 fully saturated rings. The fourth-order valence-corrected chi connectivity index (χ4v) is 1.93. The molecule has 0 heterocycles. The summed E-state index contributed by atoms with van der Waals surface area (Å²) in [7, 11) is 0. The van der Waals surface area contributed by atoms with E-state index in [4.69, 9.17) is 5.26 Å². The SMILES string of the molecule is N#C[C@H]1C[C@@H]2C=C[C@H]1C2. The molecule has 2 aliphatic carbocycles. The Hall–Kier alpha value is -0.770. The molecule has 2 rings (SSSR count). The van der Waals surface area contributed by atoms with E-state index in [1.807, 2.05) is 0 Å². The second kappa shape index (κ2) is 1.60. The van der Waals surface area contributed by atoms with E-state index in [1.54, 1.807) is 0 Å². The van der Waals surface area contributed by atoms with Crippen molar-refractivity contribution in [1.82, 2.24) is 0 Å². The lowest BCUT2D eigenvalue weighted by Crippen LogP contribution is -2.02. The summed E-state index contributed by atoms with van der Waals surface area (Å²) in [5.74, 6) is 1.71. The molecule has 0 aromatic carbocycles. The van der Waals surface area contributed by atoms with Crippen LogP contribution < -0.4 is 0 Å². The van der Waals surface area contributed by atoms with Crippen molar-refractivity contribution in [2.24, 2.45) is 17.8 Å². The zero-order valence-electron chi connectivity index (χ0n) is 5.25. The second-order valence-electron chi connectivity index (χ2n) is 3.02. The summed E-state index contributed by atoms with van der Waals surface area (Å²) in [6.45, 7) is 0. The van der Waals surface area contributed by atoms with Crippen LogP contribution in [0.3, 0.4) is 0 Å². The molecule has 0 saturated heterocycles. The highest BCUT2D eigenvalue weighted by Gasteiger charge is 2.35. The summed E-state index contributed by atoms with van der Waals surface area (Å²) in [5.41, 5.74) is 0. The van der Waals surface area contributed by atoms with E-state index in [0.717, 1.165) is 12.3 Å². The third kappa shape index (κ3) is 0.595. The minimum absolute atomic E-state index is 0.347. The van der Waals surface area contributed by atoms with Gasteiger partial charge >= 0.3 is 0 Å². The lowest BCUT2D eigenvalue weighted by molar-refractivity contribution is 0.563. The van der Waals surface area contributed by atoms with Crippen LogP contribution in [0.1, 0.15) is 12.8 Å². The fraction of sp³-hybridized carbons (Fsp3) is 0.625. The smallest absolute Gasteiger partial charge is 0.0662 e. The summed E-state index contributed by atoms with van der Waals surface area (Å²) in [4.78, 5) is 0. The largest absolute Gasteiger partial charge is 0.198 e. The molecular formula is C8H9N. The van der Waals surface area contributed by atoms with Gasteiger partial charge in [-0.15, -0.1) is 0 Å². The Balaban J connectivity index is 2.22. The van der Waals surface area contributed by atoms with Crippen molar-refractivity contribution in [3.63, 3.8) is 0 Å². The summed E-state index contributed by atoms with van der Waals surface area (Å²) in [5, 5.41) is 8.60. The molecule has 0 aliphatic heterocycles. The maximum absolute atomic E-state index is 8.60. The Morgan fingerprint density at radius 3 is 2.56 bits per heavy atom. The Morgan fingerprint density at radius 1 is 1.33 bits per heavy atom. The predicted molar refractivity (Wildman–Crippen MR) is 34.5 cm³/mol. The van der Waals surface area contributed by atoms with Crippen molar-refractivity contribution in [1.29, 1.82) is 5.26 Å². The molecule has 2 bridgehead atoms. The van der Waals surface area contributed by atoms with Crippen LogP contribution in [-0.4, -0.2) is 0 Å². The highest BCUT2D eigenvalue weighted by Crippen LogP contribution is 2.42. The van der Waals surface area contributed by atoms with Gasteiger partial charge in [0.25, 0.3) is 0 Å². The van der Waals surface area contributed by atoms with Gasteiger partial charge < -0.3 is 0 Å². The third-order valence-corrected chi connectivity index (χ3v) is 2.44. The van der Waals surface area contributed by atoms with E-state index in [-0.39, 0.29) is 0 Å². The molecule has 0 unspecified atom stereocenters. The number of nitriles is 1. The van der Waals surface area contributed by atoms with Gasteiger partial charge in [0.1, 0.15) is 0 Å². The Morgan fingerprint density at radius 2 is 2.22 bits per heavy atom. The van der Waals surface area contributed by atoms with E-state index in [9.17, 15) is 0 Å². The lowest BCUT2D eigenvalue weighted by Gasteiger charge is -2.06. The minimum atomic E-state index is 0.347. The summed E-state index contributed by atoms with van der Waals surface area (Å²) in [6, 6.07) is 2.34. The zero-order chi connectivity index (χ0) is 6.27. The average molecular weight is 119 g/mol. The monoisotopic (exact) mass is 119 g/mol. The Labute approximate surface area is 55.0 Å². The van der Waals surface area contributed by atoms with Gasteiger partial charge in [-0.1, -0.05) is 12.2 Å². The first-order valence-electron chi connectivity index (χ1n) is 3.48. The summed E-state index contributed by atoms with van der Waals surface area (Å²) in [6.07, 6.45) is 6.84. The summed E-state index contributed by atoms with van der Waals surface area (Å²) < 4.78 is 0. The van der Waals surface area contributed by atoms with Crippen molar-refractivity contribution >= 4 is 0 Å². The molecule has 46 valence electrons. The molecule has 1 saturated carbocycles. The van der Waals surface area contributed by atoms with Crippen molar-refractivity contribution in [3.8, 4) is 6.07 Å². The number of rotatable bonds is 0. The molecule has 1 nitrogen and oxygen atoms in total. The maximum atomic E-state index is 8.60. The number of nitrogens with zero attached hydrogens (tertiary/aromatic N) is 1. The number of hydrogen-bond donors (Lipinski definition) is 0. The van der Waals surface area contributed by atoms with Gasteiger partial charge in [-0.2, -0.15) is 5.26 Å². The maximum Gasteiger partial charge on any atom is 0.0662 e. The van der Waals surface area contributed by atoms with E-state index in [2.05, 4.69) is 18.2 Å². The molecular weight excluding hydrogens is 110 g/mol. The molecule has 0 amide bonds. The van der Waals surface area contributed by atoms with Gasteiger partial charge in [0.2, 0.25) is 0 Å². The topological polar surface area (TPSA) is 23.8 Å². The number of hydrogen-bond acceptors (Lipinski definition) is 1. The van der Waals surface area contributed by atoms with Crippen LogP contribution in [0.2, 0.25) is 0 Å². The van der Waals surface area contributed by atoms with Gasteiger partial charge in [0, 0.05) is 0 Å². The fourth-order valence-electron chi connectivity index (χ4n) is 1.93. The van der Waals surface area contributed by atoms with Crippen LogP contribution >= 0.6 is 0 Å². The first-order chi connectivity index (χ1) is 4.40. The predicted octanol–water partition coefficient (Wildman–Crippen LogP) is 1.72. The normalized spacial score (nSPS) is 45.4. The van der Waals surface area contributed by atoms with Crippen LogP contribution in [0.15, 0.2) is 12.2 Å². The first kappa shape index (κ1) is 5.05. The molecule has 0 radical (unpaired) electrons. The molecule has 0 spiro atoms. The molecule has 0 aromatic rings. The van der Waals surface area contributed by atoms with Crippen molar-refractivity contribution in [3.05, 3.63) is 12.2 Å². The zero-order valence-corrected chi connectivity index (χ0v) is 5.25. The van der Waals surface area contributed by atoms with Gasteiger partial charge in [-0.05, 0) is 24.7 Å². The Bertz CT molecular complexity index is 187. The van der Waals surface area contributed by atoms with E-state index in [0.29, 0.717) is 11.8 Å². The van der Waals surface area contributed by atoms with Crippen LogP contribution in [0, 0.1) is 29.1 Å². The quantitative estimate of drug-likeness (QED) is 0.445. The highest BCUT2D eigenvalue weighted by molar-refractivity contribution is 5.14. The van der Waals surface area contributed by atoms with Gasteiger partial charge in [0.15, 0.2) is 0 Å². The van der Waals surface area contributed by atoms with E-state index < -0.39 is 0 Å². The van der Waals surface area contributed by atoms with Gasteiger partial charge in [0.05, 0.1) is 12.0 Å². The Kier molecular flexibility index (Phi) is 0.900.